The van der Waals surface area contributed by atoms with E-state index in [1.807, 2.05) is 19.9 Å². The van der Waals surface area contributed by atoms with E-state index in [0.29, 0.717) is 26.1 Å². The molecule has 0 bridgehead atoms. The van der Waals surface area contributed by atoms with Crippen LogP contribution in [0.3, 0.4) is 0 Å². The van der Waals surface area contributed by atoms with Gasteiger partial charge in [-0.3, -0.25) is 9.59 Å². The van der Waals surface area contributed by atoms with E-state index in [1.54, 1.807) is 23.1 Å². The molecule has 5 nitrogen and oxygen atoms in total. The average molecular weight is 382 g/mol. The fourth-order valence-electron chi connectivity index (χ4n) is 4.63. The highest BCUT2D eigenvalue weighted by molar-refractivity contribution is 6.04. The number of amides is 1. The number of rotatable bonds is 2. The Labute approximate surface area is 163 Å². The van der Waals surface area contributed by atoms with Crippen LogP contribution in [0.2, 0.25) is 0 Å². The van der Waals surface area contributed by atoms with Crippen molar-refractivity contribution in [2.45, 2.75) is 38.2 Å². The summed E-state index contributed by atoms with van der Waals surface area (Å²) in [5, 5.41) is 9.36. The van der Waals surface area contributed by atoms with Gasteiger partial charge in [-0.05, 0) is 42.5 Å². The lowest BCUT2D eigenvalue weighted by molar-refractivity contribution is -0.152. The summed E-state index contributed by atoms with van der Waals surface area (Å²) < 4.78 is 19.1. The first-order valence-corrected chi connectivity index (χ1v) is 9.61. The number of halogens is 1. The van der Waals surface area contributed by atoms with Gasteiger partial charge in [0.25, 0.3) is 0 Å². The van der Waals surface area contributed by atoms with Crippen molar-refractivity contribution in [3.63, 3.8) is 0 Å². The Morgan fingerprint density at radius 2 is 2.04 bits per heavy atom. The minimum atomic E-state index is -0.795. The number of Topliss-reactive ketones (excluding diaryl/α,β-unsaturated/α-hetero) is 1. The molecule has 0 aromatic heterocycles. The first kappa shape index (κ1) is 18.8. The summed E-state index contributed by atoms with van der Waals surface area (Å²) in [7, 11) is 0. The molecule has 1 spiro atoms. The van der Waals surface area contributed by atoms with Gasteiger partial charge in [-0.15, -0.1) is 0 Å². The Balaban J connectivity index is 1.51. The number of ether oxygens (including phenoxy) is 1. The highest BCUT2D eigenvalue weighted by Crippen LogP contribution is 2.49. The molecule has 146 valence electrons. The normalized spacial score (nSPS) is 31.3. The van der Waals surface area contributed by atoms with Gasteiger partial charge in [0.15, 0.2) is 5.78 Å². The smallest absolute Gasteiger partial charge is 0.226 e. The van der Waals surface area contributed by atoms with Gasteiger partial charge in [0.1, 0.15) is 17.5 Å². The fraction of sp³-hybridized carbons (Fsp3) is 0.500. The second-order valence-electron chi connectivity index (χ2n) is 8.73. The predicted octanol–water partition coefficient (Wildman–Crippen LogP) is 2.98. The third-order valence-corrected chi connectivity index (χ3v) is 6.06. The molecular formula is C22H23FN2O3. The van der Waals surface area contributed by atoms with Crippen LogP contribution in [0.25, 0.3) is 0 Å². The largest absolute Gasteiger partial charge is 0.367 e. The van der Waals surface area contributed by atoms with Crippen molar-refractivity contribution >= 4 is 11.7 Å². The molecule has 3 atom stereocenters. The topological polar surface area (TPSA) is 70.4 Å². The number of carbonyl (C=O) groups excluding carboxylic acids is 2. The molecule has 1 aliphatic heterocycles. The molecule has 1 saturated carbocycles. The number of hydrogen-bond donors (Lipinski definition) is 0. The maximum Gasteiger partial charge on any atom is 0.226 e. The Hall–Kier alpha value is -2.52. The molecule has 2 fully saturated rings. The second-order valence-corrected chi connectivity index (χ2v) is 8.73. The fourth-order valence-corrected chi connectivity index (χ4v) is 4.63. The highest BCUT2D eigenvalue weighted by atomic mass is 19.1. The number of nitrogens with zero attached hydrogens (tertiary/aromatic N) is 2. The number of nitriles is 1. The van der Waals surface area contributed by atoms with Crippen molar-refractivity contribution in [1.29, 1.82) is 5.26 Å². The van der Waals surface area contributed by atoms with Gasteiger partial charge >= 0.3 is 0 Å². The summed E-state index contributed by atoms with van der Waals surface area (Å²) in [5.41, 5.74) is -0.404. The lowest BCUT2D eigenvalue weighted by atomic mass is 9.69. The maximum atomic E-state index is 13.1. The minimum Gasteiger partial charge on any atom is -0.367 e. The second kappa shape index (κ2) is 6.52. The summed E-state index contributed by atoms with van der Waals surface area (Å²) in [6.07, 6.45) is 2.82. The summed E-state index contributed by atoms with van der Waals surface area (Å²) in [6.45, 7) is 4.85. The van der Waals surface area contributed by atoms with Crippen molar-refractivity contribution in [3.8, 4) is 6.07 Å². The Morgan fingerprint density at radius 3 is 2.71 bits per heavy atom. The molecule has 3 aliphatic rings. The molecule has 3 unspecified atom stereocenters. The standard InChI is InChI=1S/C22H23FN2O3/c1-21(2)12-22(10-15(11-24)19(21)26)13-25(7-8-28-22)20(27)18-9-17(18)14-3-5-16(23)6-4-14/h3-6,10,17-18H,7-9,12-13H2,1-2H3. The summed E-state index contributed by atoms with van der Waals surface area (Å²) in [5.74, 6) is -0.360. The lowest BCUT2D eigenvalue weighted by Crippen LogP contribution is -2.57. The zero-order valence-corrected chi connectivity index (χ0v) is 16.1. The Kier molecular flexibility index (Phi) is 4.39. The van der Waals surface area contributed by atoms with Crippen LogP contribution in [0.4, 0.5) is 4.39 Å². The van der Waals surface area contributed by atoms with Crippen molar-refractivity contribution in [3.05, 3.63) is 47.3 Å². The van der Waals surface area contributed by atoms with E-state index < -0.39 is 11.0 Å². The first-order chi connectivity index (χ1) is 13.2. The molecule has 1 heterocycles. The van der Waals surface area contributed by atoms with Gasteiger partial charge in [-0.1, -0.05) is 26.0 Å². The zero-order chi connectivity index (χ0) is 20.1. The Morgan fingerprint density at radius 1 is 1.32 bits per heavy atom. The molecule has 1 aromatic rings. The highest BCUT2D eigenvalue weighted by Gasteiger charge is 2.51. The summed E-state index contributed by atoms with van der Waals surface area (Å²) in [4.78, 5) is 27.3. The Bertz CT molecular complexity index is 899. The van der Waals surface area contributed by atoms with Gasteiger partial charge in [0.05, 0.1) is 18.7 Å². The number of benzene rings is 1. The van der Waals surface area contributed by atoms with Gasteiger partial charge in [-0.25, -0.2) is 4.39 Å². The van der Waals surface area contributed by atoms with E-state index in [1.165, 1.54) is 12.1 Å². The molecule has 4 rings (SSSR count). The average Bonchev–Trinajstić information content (AvgIpc) is 3.45. The molecule has 2 aliphatic carbocycles. The quantitative estimate of drug-likeness (QED) is 0.788. The molecule has 6 heteroatoms. The van der Waals surface area contributed by atoms with Gasteiger partial charge in [-0.2, -0.15) is 5.26 Å². The van der Waals surface area contributed by atoms with Crippen LogP contribution in [0.1, 0.15) is 38.2 Å². The van der Waals surface area contributed by atoms with Crippen LogP contribution in [0.5, 0.6) is 0 Å². The number of ketones is 1. The van der Waals surface area contributed by atoms with E-state index in [2.05, 4.69) is 0 Å². The van der Waals surface area contributed by atoms with Gasteiger partial charge in [0, 0.05) is 17.9 Å². The molecule has 0 N–H and O–H groups in total. The lowest BCUT2D eigenvalue weighted by Gasteiger charge is -2.46. The van der Waals surface area contributed by atoms with Crippen LogP contribution in [-0.4, -0.2) is 41.9 Å². The third kappa shape index (κ3) is 3.24. The van der Waals surface area contributed by atoms with Crippen LogP contribution >= 0.6 is 0 Å². The third-order valence-electron chi connectivity index (χ3n) is 6.06. The minimum absolute atomic E-state index is 0.0682. The molecular weight excluding hydrogens is 359 g/mol. The van der Waals surface area contributed by atoms with E-state index in [0.717, 1.165) is 12.0 Å². The van der Waals surface area contributed by atoms with Crippen LogP contribution in [-0.2, 0) is 14.3 Å². The first-order valence-electron chi connectivity index (χ1n) is 9.61. The molecule has 1 saturated heterocycles. The van der Waals surface area contributed by atoms with E-state index >= 15 is 0 Å². The zero-order valence-electron chi connectivity index (χ0n) is 16.1. The van der Waals surface area contributed by atoms with Crippen molar-refractivity contribution in [2.24, 2.45) is 11.3 Å². The summed E-state index contributed by atoms with van der Waals surface area (Å²) in [6, 6.07) is 8.32. The number of hydrogen-bond acceptors (Lipinski definition) is 4. The number of morpholine rings is 1. The summed E-state index contributed by atoms with van der Waals surface area (Å²) >= 11 is 0. The van der Waals surface area contributed by atoms with E-state index in [4.69, 9.17) is 4.74 Å². The SMILES string of the molecule is CC1(C)CC2(C=C(C#N)C1=O)CN(C(=O)C1CC1c1ccc(F)cc1)CCO2. The monoisotopic (exact) mass is 382 g/mol. The molecule has 0 radical (unpaired) electrons. The van der Waals surface area contributed by atoms with Crippen molar-refractivity contribution in [2.75, 3.05) is 19.7 Å². The van der Waals surface area contributed by atoms with E-state index in [-0.39, 0.29) is 34.9 Å². The van der Waals surface area contributed by atoms with Crippen molar-refractivity contribution < 1.29 is 18.7 Å². The molecule has 1 aromatic carbocycles. The van der Waals surface area contributed by atoms with Gasteiger partial charge < -0.3 is 9.64 Å². The van der Waals surface area contributed by atoms with E-state index in [9.17, 15) is 19.2 Å². The van der Waals surface area contributed by atoms with Gasteiger partial charge in [0.2, 0.25) is 5.91 Å². The van der Waals surface area contributed by atoms with Crippen LogP contribution < -0.4 is 0 Å². The molecule has 28 heavy (non-hydrogen) atoms. The molecule has 1 amide bonds. The number of allylic oxidation sites excluding steroid dienone is 1. The van der Waals surface area contributed by atoms with Crippen LogP contribution in [0, 0.1) is 28.5 Å². The van der Waals surface area contributed by atoms with Crippen LogP contribution in [0.15, 0.2) is 35.9 Å². The number of carbonyl (C=O) groups is 2. The predicted molar refractivity (Wildman–Crippen MR) is 99.6 cm³/mol. The maximum absolute atomic E-state index is 13.1. The van der Waals surface area contributed by atoms with Crippen molar-refractivity contribution in [1.82, 2.24) is 4.90 Å².